The lowest BCUT2D eigenvalue weighted by Crippen LogP contribution is -2.34. The largest absolute Gasteiger partial charge is 0.376 e. The molecule has 1 aliphatic heterocycles. The summed E-state index contributed by atoms with van der Waals surface area (Å²) in [6.45, 7) is 1.95. The van der Waals surface area contributed by atoms with Gasteiger partial charge in [-0.1, -0.05) is 15.9 Å². The first kappa shape index (κ1) is 15.3. The minimum absolute atomic E-state index is 0.192. The highest BCUT2D eigenvalue weighted by atomic mass is 79.9. The van der Waals surface area contributed by atoms with Gasteiger partial charge in [0, 0.05) is 17.6 Å². The van der Waals surface area contributed by atoms with Gasteiger partial charge in [0.2, 0.25) is 0 Å². The summed E-state index contributed by atoms with van der Waals surface area (Å²) in [4.78, 5) is 4.23. The monoisotopic (exact) mass is 343 g/mol. The summed E-state index contributed by atoms with van der Waals surface area (Å²) in [5.74, 6) is 0.181. The van der Waals surface area contributed by atoms with Crippen LogP contribution in [0, 0.1) is 5.82 Å². The molecule has 1 aliphatic rings. The van der Waals surface area contributed by atoms with Crippen LogP contribution in [-0.4, -0.2) is 31.8 Å². The topological polar surface area (TPSA) is 59.6 Å². The summed E-state index contributed by atoms with van der Waals surface area (Å²) < 4.78 is 19.9. The van der Waals surface area contributed by atoms with Crippen molar-refractivity contribution >= 4 is 21.9 Å². The first-order valence-electron chi connectivity index (χ1n) is 6.74. The number of rotatable bonds is 5. The Morgan fingerprint density at radius 3 is 3.15 bits per heavy atom. The molecule has 3 N–H and O–H groups in total. The van der Waals surface area contributed by atoms with E-state index in [0.29, 0.717) is 31.0 Å². The van der Waals surface area contributed by atoms with Crippen LogP contribution in [0.5, 0.6) is 0 Å². The molecule has 0 saturated carbocycles. The summed E-state index contributed by atoms with van der Waals surface area (Å²) in [6.07, 6.45) is 2.88. The van der Waals surface area contributed by atoms with Crippen LogP contribution < -0.4 is 11.1 Å². The van der Waals surface area contributed by atoms with Crippen molar-refractivity contribution < 1.29 is 9.13 Å². The zero-order chi connectivity index (χ0) is 14.4. The van der Waals surface area contributed by atoms with Crippen molar-refractivity contribution in [3.8, 4) is 0 Å². The van der Waals surface area contributed by atoms with E-state index < -0.39 is 0 Å². The highest BCUT2D eigenvalue weighted by Gasteiger charge is 2.14. The van der Waals surface area contributed by atoms with Crippen molar-refractivity contribution in [3.05, 3.63) is 34.1 Å². The van der Waals surface area contributed by atoms with E-state index in [1.807, 2.05) is 0 Å². The first-order valence-corrected chi connectivity index (χ1v) is 7.54. The van der Waals surface area contributed by atoms with Crippen LogP contribution in [0.2, 0.25) is 0 Å². The Morgan fingerprint density at radius 2 is 2.40 bits per heavy atom. The molecular formula is C14H19BrFN3O. The zero-order valence-corrected chi connectivity index (χ0v) is 12.8. The molecule has 20 heavy (non-hydrogen) atoms. The molecule has 0 aliphatic carbocycles. The van der Waals surface area contributed by atoms with E-state index in [2.05, 4.69) is 26.2 Å². The number of ether oxygens (including phenoxy) is 1. The molecule has 110 valence electrons. The normalized spacial score (nSPS) is 19.3. The number of hydrogen-bond acceptors (Lipinski definition) is 2. The van der Waals surface area contributed by atoms with E-state index >= 15 is 0 Å². The summed E-state index contributed by atoms with van der Waals surface area (Å²) in [6, 6.07) is 4.91. The summed E-state index contributed by atoms with van der Waals surface area (Å²) in [5, 5.41) is 2.99. The summed E-state index contributed by atoms with van der Waals surface area (Å²) in [5.41, 5.74) is 6.42. The maximum Gasteiger partial charge on any atom is 0.188 e. The highest BCUT2D eigenvalue weighted by Crippen LogP contribution is 2.15. The number of nitrogens with zero attached hydrogens (tertiary/aromatic N) is 1. The van der Waals surface area contributed by atoms with Gasteiger partial charge in [-0.15, -0.1) is 0 Å². The van der Waals surface area contributed by atoms with Crippen LogP contribution in [-0.2, 0) is 11.2 Å². The van der Waals surface area contributed by atoms with Crippen LogP contribution in [0.4, 0.5) is 4.39 Å². The van der Waals surface area contributed by atoms with Crippen molar-refractivity contribution in [1.29, 1.82) is 0 Å². The fourth-order valence-corrected chi connectivity index (χ4v) is 2.51. The van der Waals surface area contributed by atoms with Crippen LogP contribution in [0.3, 0.4) is 0 Å². The standard InChI is InChI=1S/C14H19BrFN3O/c15-11-3-4-13(16)10(8-11)5-6-18-14(17)19-9-12-2-1-7-20-12/h3-4,8,12H,1-2,5-7,9H2,(H3,17,18,19). The maximum absolute atomic E-state index is 13.5. The average Bonchev–Trinajstić information content (AvgIpc) is 2.93. The van der Waals surface area contributed by atoms with Crippen LogP contribution >= 0.6 is 15.9 Å². The number of hydrogen-bond donors (Lipinski definition) is 2. The van der Waals surface area contributed by atoms with E-state index in [4.69, 9.17) is 10.5 Å². The van der Waals surface area contributed by atoms with E-state index in [1.54, 1.807) is 12.1 Å². The Morgan fingerprint density at radius 1 is 1.55 bits per heavy atom. The summed E-state index contributed by atoms with van der Waals surface area (Å²) in [7, 11) is 0. The van der Waals surface area contributed by atoms with Crippen molar-refractivity contribution in [1.82, 2.24) is 5.32 Å². The number of nitrogens with two attached hydrogens (primary N) is 1. The van der Waals surface area contributed by atoms with E-state index in [-0.39, 0.29) is 11.9 Å². The minimum Gasteiger partial charge on any atom is -0.376 e. The average molecular weight is 344 g/mol. The molecule has 0 radical (unpaired) electrons. The number of guanidine groups is 1. The molecule has 0 bridgehead atoms. The first-order chi connectivity index (χ1) is 9.65. The Labute approximate surface area is 126 Å². The predicted molar refractivity (Wildman–Crippen MR) is 81.3 cm³/mol. The molecule has 1 saturated heterocycles. The van der Waals surface area contributed by atoms with Gasteiger partial charge in [-0.25, -0.2) is 4.39 Å². The molecule has 1 fully saturated rings. The lowest BCUT2D eigenvalue weighted by molar-refractivity contribution is 0.118. The quantitative estimate of drug-likeness (QED) is 0.636. The van der Waals surface area contributed by atoms with Gasteiger partial charge < -0.3 is 15.8 Å². The molecule has 0 spiro atoms. The summed E-state index contributed by atoms with van der Waals surface area (Å²) >= 11 is 3.33. The Kier molecular flexibility index (Phi) is 5.79. The molecular weight excluding hydrogens is 325 g/mol. The molecule has 4 nitrogen and oxygen atoms in total. The van der Waals surface area contributed by atoms with Gasteiger partial charge in [-0.3, -0.25) is 4.99 Å². The third kappa shape index (κ3) is 4.76. The van der Waals surface area contributed by atoms with Crippen LogP contribution in [0.15, 0.2) is 27.7 Å². The molecule has 1 aromatic carbocycles. The van der Waals surface area contributed by atoms with Crippen molar-refractivity contribution in [2.75, 3.05) is 19.7 Å². The smallest absolute Gasteiger partial charge is 0.188 e. The second-order valence-electron chi connectivity index (χ2n) is 4.77. The molecule has 1 heterocycles. The highest BCUT2D eigenvalue weighted by molar-refractivity contribution is 9.10. The second-order valence-corrected chi connectivity index (χ2v) is 5.69. The Bertz CT molecular complexity index is 475. The van der Waals surface area contributed by atoms with Crippen molar-refractivity contribution in [3.63, 3.8) is 0 Å². The van der Waals surface area contributed by atoms with Crippen LogP contribution in [0.1, 0.15) is 18.4 Å². The zero-order valence-electron chi connectivity index (χ0n) is 11.2. The van der Waals surface area contributed by atoms with E-state index in [9.17, 15) is 4.39 Å². The molecule has 0 aromatic heterocycles. The molecule has 1 atom stereocenters. The lowest BCUT2D eigenvalue weighted by Gasteiger charge is -2.09. The number of halogens is 2. The fraction of sp³-hybridized carbons (Fsp3) is 0.500. The SMILES string of the molecule is NC(=NCC1CCCO1)NCCc1cc(Br)ccc1F. The Balaban J connectivity index is 1.74. The van der Waals surface area contributed by atoms with Gasteiger partial charge in [0.25, 0.3) is 0 Å². The fourth-order valence-electron chi connectivity index (χ4n) is 2.10. The maximum atomic E-state index is 13.5. The molecule has 1 aromatic rings. The third-order valence-corrected chi connectivity index (χ3v) is 3.69. The van der Waals surface area contributed by atoms with Gasteiger partial charge in [-0.05, 0) is 43.0 Å². The molecule has 1 unspecified atom stereocenters. The van der Waals surface area contributed by atoms with Crippen molar-refractivity contribution in [2.24, 2.45) is 10.7 Å². The van der Waals surface area contributed by atoms with Crippen molar-refractivity contribution in [2.45, 2.75) is 25.4 Å². The van der Waals surface area contributed by atoms with Gasteiger partial charge in [-0.2, -0.15) is 0 Å². The van der Waals surface area contributed by atoms with E-state index in [0.717, 1.165) is 23.9 Å². The Hall–Kier alpha value is -1.14. The number of benzene rings is 1. The second kappa shape index (κ2) is 7.59. The number of aliphatic imine (C=N–C) groups is 1. The van der Waals surface area contributed by atoms with E-state index in [1.165, 1.54) is 6.07 Å². The predicted octanol–water partition coefficient (Wildman–Crippen LogP) is 2.21. The van der Waals surface area contributed by atoms with Crippen LogP contribution in [0.25, 0.3) is 0 Å². The molecule has 6 heteroatoms. The minimum atomic E-state index is -0.204. The lowest BCUT2D eigenvalue weighted by atomic mass is 10.1. The number of nitrogens with one attached hydrogen (secondary N) is 1. The van der Waals surface area contributed by atoms with Gasteiger partial charge in [0.15, 0.2) is 5.96 Å². The molecule has 2 rings (SSSR count). The third-order valence-electron chi connectivity index (χ3n) is 3.20. The van der Waals surface area contributed by atoms with Gasteiger partial charge >= 0.3 is 0 Å². The van der Waals surface area contributed by atoms with Gasteiger partial charge in [0.1, 0.15) is 5.82 Å². The molecule has 0 amide bonds. The van der Waals surface area contributed by atoms with Gasteiger partial charge in [0.05, 0.1) is 12.6 Å².